The predicted octanol–water partition coefficient (Wildman–Crippen LogP) is 1.73. The lowest BCUT2D eigenvalue weighted by Gasteiger charge is -2.23. The molecule has 3 atom stereocenters. The van der Waals surface area contributed by atoms with Crippen LogP contribution >= 0.6 is 0 Å². The number of fused-ring (bicyclic) bond motifs is 1. The van der Waals surface area contributed by atoms with E-state index in [1.165, 1.54) is 11.1 Å². The van der Waals surface area contributed by atoms with Crippen molar-refractivity contribution in [2.24, 2.45) is 11.8 Å². The first-order valence-electron chi connectivity index (χ1n) is 7.54. The molecule has 0 radical (unpaired) electrons. The zero-order valence-electron chi connectivity index (χ0n) is 12.3. The third-order valence-corrected chi connectivity index (χ3v) is 6.49. The number of ether oxygens (including phenoxy) is 1. The fraction of sp³-hybridized carbons (Fsp3) is 0.625. The van der Waals surface area contributed by atoms with Gasteiger partial charge in [-0.25, -0.2) is 8.42 Å². The van der Waals surface area contributed by atoms with E-state index < -0.39 is 9.84 Å². The highest BCUT2D eigenvalue weighted by Gasteiger charge is 2.36. The van der Waals surface area contributed by atoms with E-state index >= 15 is 0 Å². The minimum atomic E-state index is -2.90. The molecule has 2 aliphatic rings. The molecule has 116 valence electrons. The Morgan fingerprint density at radius 1 is 1.43 bits per heavy atom. The van der Waals surface area contributed by atoms with E-state index in [2.05, 4.69) is 13.0 Å². The summed E-state index contributed by atoms with van der Waals surface area (Å²) in [4.78, 5) is 0. The summed E-state index contributed by atoms with van der Waals surface area (Å²) in [5.74, 6) is 1.51. The van der Waals surface area contributed by atoms with Crippen molar-refractivity contribution in [3.8, 4) is 5.75 Å². The molecular weight excluding hydrogens is 288 g/mol. The van der Waals surface area contributed by atoms with E-state index in [9.17, 15) is 13.5 Å². The maximum atomic E-state index is 11.6. The van der Waals surface area contributed by atoms with Crippen LogP contribution in [-0.4, -0.2) is 37.7 Å². The normalized spacial score (nSPS) is 28.1. The van der Waals surface area contributed by atoms with E-state index in [-0.39, 0.29) is 36.1 Å². The van der Waals surface area contributed by atoms with Crippen LogP contribution in [0.5, 0.6) is 5.75 Å². The Morgan fingerprint density at radius 2 is 2.24 bits per heavy atom. The van der Waals surface area contributed by atoms with Crippen LogP contribution < -0.4 is 4.74 Å². The number of hydrogen-bond acceptors (Lipinski definition) is 4. The molecule has 3 rings (SSSR count). The second-order valence-corrected chi connectivity index (χ2v) is 8.63. The van der Waals surface area contributed by atoms with Crippen molar-refractivity contribution in [1.29, 1.82) is 0 Å². The third kappa shape index (κ3) is 3.24. The van der Waals surface area contributed by atoms with Crippen molar-refractivity contribution in [2.75, 3.05) is 18.1 Å². The van der Waals surface area contributed by atoms with E-state index in [4.69, 9.17) is 4.74 Å². The molecular formula is C16H22O4S. The third-order valence-electron chi connectivity index (χ3n) is 4.69. The maximum absolute atomic E-state index is 11.6. The average Bonchev–Trinajstić information content (AvgIpc) is 2.98. The van der Waals surface area contributed by atoms with Gasteiger partial charge in [0.15, 0.2) is 9.84 Å². The van der Waals surface area contributed by atoms with E-state index in [1.54, 1.807) is 0 Å². The van der Waals surface area contributed by atoms with Gasteiger partial charge in [0.25, 0.3) is 0 Å². The molecule has 2 aliphatic heterocycles. The molecule has 5 heteroatoms. The Labute approximate surface area is 126 Å². The highest BCUT2D eigenvalue weighted by molar-refractivity contribution is 7.91. The number of aliphatic hydroxyl groups excluding tert-OH is 1. The number of rotatable bonds is 4. The number of benzene rings is 1. The summed E-state index contributed by atoms with van der Waals surface area (Å²) in [7, 11) is -2.90. The van der Waals surface area contributed by atoms with Gasteiger partial charge < -0.3 is 9.84 Å². The predicted molar refractivity (Wildman–Crippen MR) is 81.3 cm³/mol. The van der Waals surface area contributed by atoms with Crippen molar-refractivity contribution in [2.45, 2.75) is 32.3 Å². The molecule has 0 amide bonds. The molecule has 1 saturated heterocycles. The van der Waals surface area contributed by atoms with Gasteiger partial charge in [0.05, 0.1) is 11.5 Å². The van der Waals surface area contributed by atoms with Gasteiger partial charge >= 0.3 is 0 Å². The summed E-state index contributed by atoms with van der Waals surface area (Å²) < 4.78 is 29.1. The molecule has 1 aromatic rings. The summed E-state index contributed by atoms with van der Waals surface area (Å²) in [6.45, 7) is 2.10. The lowest BCUT2D eigenvalue weighted by molar-refractivity contribution is 0.121. The molecule has 0 saturated carbocycles. The first kappa shape index (κ1) is 14.9. The average molecular weight is 310 g/mol. The van der Waals surface area contributed by atoms with E-state index in [1.807, 2.05) is 12.1 Å². The van der Waals surface area contributed by atoms with Crippen LogP contribution in [0, 0.1) is 18.8 Å². The fourth-order valence-corrected chi connectivity index (χ4v) is 5.45. The number of aryl methyl sites for hydroxylation is 1. The Hall–Kier alpha value is -1.07. The van der Waals surface area contributed by atoms with Crippen molar-refractivity contribution in [3.63, 3.8) is 0 Å². The molecule has 1 N–H and O–H groups in total. The van der Waals surface area contributed by atoms with Gasteiger partial charge in [-0.2, -0.15) is 0 Å². The monoisotopic (exact) mass is 310 g/mol. The van der Waals surface area contributed by atoms with Gasteiger partial charge in [0, 0.05) is 13.0 Å². The SMILES string of the molecule is Cc1ccc2c(c1)CC(CC(CO)C1CCS(=O)(=O)C1)O2. The van der Waals surface area contributed by atoms with Gasteiger partial charge in [0.1, 0.15) is 11.9 Å². The second-order valence-electron chi connectivity index (χ2n) is 6.40. The zero-order valence-corrected chi connectivity index (χ0v) is 13.1. The molecule has 0 aliphatic carbocycles. The van der Waals surface area contributed by atoms with Gasteiger partial charge in [-0.05, 0) is 43.2 Å². The lowest BCUT2D eigenvalue weighted by Crippen LogP contribution is -2.27. The molecule has 2 heterocycles. The van der Waals surface area contributed by atoms with Crippen LogP contribution in [0.3, 0.4) is 0 Å². The summed E-state index contributed by atoms with van der Waals surface area (Å²) in [6, 6.07) is 6.18. The van der Waals surface area contributed by atoms with Gasteiger partial charge in [-0.1, -0.05) is 17.7 Å². The zero-order chi connectivity index (χ0) is 15.0. The van der Waals surface area contributed by atoms with Crippen LogP contribution in [0.15, 0.2) is 18.2 Å². The highest BCUT2D eigenvalue weighted by Crippen LogP contribution is 2.35. The number of sulfone groups is 1. The first-order chi connectivity index (χ1) is 9.97. The molecule has 0 spiro atoms. The van der Waals surface area contributed by atoms with Crippen LogP contribution in [-0.2, 0) is 16.3 Å². The van der Waals surface area contributed by atoms with Crippen molar-refractivity contribution in [3.05, 3.63) is 29.3 Å². The molecule has 1 fully saturated rings. The molecule has 0 aromatic heterocycles. The minimum Gasteiger partial charge on any atom is -0.490 e. The maximum Gasteiger partial charge on any atom is 0.150 e. The van der Waals surface area contributed by atoms with Crippen LogP contribution in [0.4, 0.5) is 0 Å². The van der Waals surface area contributed by atoms with E-state index in [0.29, 0.717) is 6.42 Å². The van der Waals surface area contributed by atoms with Crippen molar-refractivity contribution >= 4 is 9.84 Å². The van der Waals surface area contributed by atoms with Crippen molar-refractivity contribution < 1.29 is 18.3 Å². The van der Waals surface area contributed by atoms with E-state index in [0.717, 1.165) is 18.6 Å². The largest absolute Gasteiger partial charge is 0.490 e. The molecule has 1 aromatic carbocycles. The Bertz CT molecular complexity index is 623. The Balaban J connectivity index is 1.64. The first-order valence-corrected chi connectivity index (χ1v) is 9.36. The Morgan fingerprint density at radius 3 is 2.90 bits per heavy atom. The number of hydrogen-bond donors (Lipinski definition) is 1. The van der Waals surface area contributed by atoms with Gasteiger partial charge in [0.2, 0.25) is 0 Å². The van der Waals surface area contributed by atoms with Crippen LogP contribution in [0.1, 0.15) is 24.0 Å². The lowest BCUT2D eigenvalue weighted by atomic mass is 9.87. The number of aliphatic hydroxyl groups is 1. The Kier molecular flexibility index (Phi) is 3.97. The summed E-state index contributed by atoms with van der Waals surface area (Å²) in [5, 5.41) is 9.63. The summed E-state index contributed by atoms with van der Waals surface area (Å²) in [5.41, 5.74) is 2.44. The second kappa shape index (κ2) is 5.61. The quantitative estimate of drug-likeness (QED) is 0.920. The topological polar surface area (TPSA) is 63.6 Å². The fourth-order valence-electron chi connectivity index (χ4n) is 3.53. The molecule has 3 unspecified atom stereocenters. The van der Waals surface area contributed by atoms with Gasteiger partial charge in [-0.3, -0.25) is 0 Å². The van der Waals surface area contributed by atoms with Crippen LogP contribution in [0.25, 0.3) is 0 Å². The van der Waals surface area contributed by atoms with Gasteiger partial charge in [-0.15, -0.1) is 0 Å². The smallest absolute Gasteiger partial charge is 0.150 e. The molecule has 21 heavy (non-hydrogen) atoms. The summed E-state index contributed by atoms with van der Waals surface area (Å²) >= 11 is 0. The molecule has 4 nitrogen and oxygen atoms in total. The highest BCUT2D eigenvalue weighted by atomic mass is 32.2. The minimum absolute atomic E-state index is 0.0164. The van der Waals surface area contributed by atoms with Crippen LogP contribution in [0.2, 0.25) is 0 Å². The standard InChI is InChI=1S/C16H22O4S/c1-11-2-3-16-13(6-11)7-15(20-16)8-14(9-17)12-4-5-21(18,19)10-12/h2-3,6,12,14-15,17H,4-5,7-10H2,1H3. The van der Waals surface area contributed by atoms with Crippen molar-refractivity contribution in [1.82, 2.24) is 0 Å². The summed E-state index contributed by atoms with van der Waals surface area (Å²) in [6.07, 6.45) is 2.31. The molecule has 0 bridgehead atoms.